The van der Waals surface area contributed by atoms with Gasteiger partial charge in [-0.25, -0.2) is 0 Å². The maximum Gasteiger partial charge on any atom is 0.158 e. The highest BCUT2D eigenvalue weighted by Gasteiger charge is 2.35. The third-order valence-electron chi connectivity index (χ3n) is 3.03. The first-order valence-corrected chi connectivity index (χ1v) is 5.11. The van der Waals surface area contributed by atoms with E-state index in [1.807, 2.05) is 0 Å². The van der Waals surface area contributed by atoms with E-state index in [2.05, 4.69) is 5.32 Å². The fourth-order valence-electron chi connectivity index (χ4n) is 2.15. The Hall–Kier alpha value is -0.450. The molecule has 1 heterocycles. The van der Waals surface area contributed by atoms with Crippen molar-refractivity contribution in [3.63, 3.8) is 0 Å². The molecule has 82 valence electrons. The van der Waals surface area contributed by atoms with Crippen LogP contribution in [-0.4, -0.2) is 41.3 Å². The first-order chi connectivity index (χ1) is 6.54. The lowest BCUT2D eigenvalue weighted by Gasteiger charge is -2.36. The SMILES string of the molecule is CC(=O)C(O)C1CNCCC1C(C)O. The quantitative estimate of drug-likeness (QED) is 0.578. The van der Waals surface area contributed by atoms with Gasteiger partial charge in [0.25, 0.3) is 0 Å². The second kappa shape index (κ2) is 4.87. The molecule has 4 nitrogen and oxygen atoms in total. The standard InChI is InChI=1S/C10H19NO3/c1-6(12)8-3-4-11-5-9(8)10(14)7(2)13/h6,8-12,14H,3-5H2,1-2H3. The van der Waals surface area contributed by atoms with Crippen LogP contribution in [0, 0.1) is 11.8 Å². The zero-order valence-electron chi connectivity index (χ0n) is 8.73. The van der Waals surface area contributed by atoms with E-state index in [0.717, 1.165) is 13.0 Å². The van der Waals surface area contributed by atoms with Crippen molar-refractivity contribution in [3.8, 4) is 0 Å². The molecule has 0 aromatic heterocycles. The van der Waals surface area contributed by atoms with Crippen molar-refractivity contribution in [1.82, 2.24) is 5.32 Å². The van der Waals surface area contributed by atoms with Gasteiger partial charge >= 0.3 is 0 Å². The van der Waals surface area contributed by atoms with E-state index in [0.29, 0.717) is 6.54 Å². The predicted molar refractivity (Wildman–Crippen MR) is 52.8 cm³/mol. The summed E-state index contributed by atoms with van der Waals surface area (Å²) in [4.78, 5) is 11.1. The smallest absolute Gasteiger partial charge is 0.158 e. The van der Waals surface area contributed by atoms with Gasteiger partial charge in [-0.05, 0) is 32.7 Å². The third kappa shape index (κ3) is 2.53. The number of ketones is 1. The van der Waals surface area contributed by atoms with Crippen molar-refractivity contribution in [2.45, 2.75) is 32.5 Å². The molecule has 0 spiro atoms. The first kappa shape index (κ1) is 11.6. The molecule has 4 heteroatoms. The lowest BCUT2D eigenvalue weighted by molar-refractivity contribution is -0.130. The van der Waals surface area contributed by atoms with Gasteiger partial charge in [0, 0.05) is 12.5 Å². The minimum absolute atomic E-state index is 0.0233. The second-order valence-electron chi connectivity index (χ2n) is 4.12. The number of nitrogens with one attached hydrogen (secondary N) is 1. The lowest BCUT2D eigenvalue weighted by Crippen LogP contribution is -2.48. The molecule has 0 aromatic rings. The fraction of sp³-hybridized carbons (Fsp3) is 0.900. The van der Waals surface area contributed by atoms with E-state index >= 15 is 0 Å². The van der Waals surface area contributed by atoms with Crippen LogP contribution in [0.5, 0.6) is 0 Å². The maximum absolute atomic E-state index is 11.1. The monoisotopic (exact) mass is 201 g/mol. The summed E-state index contributed by atoms with van der Waals surface area (Å²) in [5.74, 6) is -0.347. The number of aliphatic hydroxyl groups excluding tert-OH is 2. The summed E-state index contributed by atoms with van der Waals surface area (Å²) in [6, 6.07) is 0. The molecule has 0 radical (unpaired) electrons. The fourth-order valence-corrected chi connectivity index (χ4v) is 2.15. The maximum atomic E-state index is 11.1. The summed E-state index contributed by atoms with van der Waals surface area (Å²) in [5.41, 5.74) is 0. The number of Topliss-reactive ketones (excluding diaryl/α,β-unsaturated/α-hetero) is 1. The third-order valence-corrected chi connectivity index (χ3v) is 3.03. The molecule has 0 aromatic carbocycles. The van der Waals surface area contributed by atoms with Crippen LogP contribution in [0.4, 0.5) is 0 Å². The van der Waals surface area contributed by atoms with Gasteiger partial charge in [-0.2, -0.15) is 0 Å². The Balaban J connectivity index is 2.67. The Labute approximate surface area is 84.3 Å². The van der Waals surface area contributed by atoms with Crippen LogP contribution in [0.2, 0.25) is 0 Å². The lowest BCUT2D eigenvalue weighted by atomic mass is 9.78. The summed E-state index contributed by atoms with van der Waals surface area (Å²) >= 11 is 0. The molecule has 14 heavy (non-hydrogen) atoms. The Morgan fingerprint density at radius 2 is 2.07 bits per heavy atom. The molecule has 1 rings (SSSR count). The highest BCUT2D eigenvalue weighted by Crippen LogP contribution is 2.26. The Morgan fingerprint density at radius 1 is 1.43 bits per heavy atom. The van der Waals surface area contributed by atoms with Crippen molar-refractivity contribution >= 4 is 5.78 Å². The zero-order chi connectivity index (χ0) is 10.7. The summed E-state index contributed by atoms with van der Waals surface area (Å²) in [7, 11) is 0. The summed E-state index contributed by atoms with van der Waals surface area (Å²) in [6.07, 6.45) is -0.592. The Morgan fingerprint density at radius 3 is 2.57 bits per heavy atom. The second-order valence-corrected chi connectivity index (χ2v) is 4.12. The van der Waals surface area contributed by atoms with Gasteiger partial charge in [-0.1, -0.05) is 0 Å². The van der Waals surface area contributed by atoms with Crippen molar-refractivity contribution in [2.24, 2.45) is 11.8 Å². The van der Waals surface area contributed by atoms with Gasteiger partial charge in [0.1, 0.15) is 6.10 Å². The minimum Gasteiger partial charge on any atom is -0.393 e. The van der Waals surface area contributed by atoms with Gasteiger partial charge in [-0.15, -0.1) is 0 Å². The zero-order valence-corrected chi connectivity index (χ0v) is 8.73. The number of carbonyl (C=O) groups excluding carboxylic acids is 1. The van der Waals surface area contributed by atoms with Crippen molar-refractivity contribution in [3.05, 3.63) is 0 Å². The summed E-state index contributed by atoms with van der Waals surface area (Å²) in [5, 5.41) is 22.3. The molecule has 4 atom stereocenters. The summed E-state index contributed by atoms with van der Waals surface area (Å²) < 4.78 is 0. The van der Waals surface area contributed by atoms with E-state index < -0.39 is 12.2 Å². The van der Waals surface area contributed by atoms with Crippen molar-refractivity contribution in [2.75, 3.05) is 13.1 Å². The Kier molecular flexibility index (Phi) is 4.04. The van der Waals surface area contributed by atoms with E-state index in [-0.39, 0.29) is 17.6 Å². The molecule has 4 unspecified atom stereocenters. The van der Waals surface area contributed by atoms with Crippen LogP contribution in [0.1, 0.15) is 20.3 Å². The molecule has 1 aliphatic heterocycles. The van der Waals surface area contributed by atoms with E-state index in [4.69, 9.17) is 0 Å². The minimum atomic E-state index is -0.942. The molecule has 0 amide bonds. The molecule has 1 aliphatic rings. The van der Waals surface area contributed by atoms with Crippen LogP contribution in [0.3, 0.4) is 0 Å². The van der Waals surface area contributed by atoms with E-state index in [1.165, 1.54) is 6.92 Å². The van der Waals surface area contributed by atoms with Crippen LogP contribution in [-0.2, 0) is 4.79 Å². The van der Waals surface area contributed by atoms with E-state index in [1.54, 1.807) is 6.92 Å². The number of aliphatic hydroxyl groups is 2. The van der Waals surface area contributed by atoms with Gasteiger partial charge in [-0.3, -0.25) is 4.79 Å². The molecule has 0 aliphatic carbocycles. The number of rotatable bonds is 3. The highest BCUT2D eigenvalue weighted by molar-refractivity contribution is 5.80. The first-order valence-electron chi connectivity index (χ1n) is 5.11. The number of piperidine rings is 1. The van der Waals surface area contributed by atoms with E-state index in [9.17, 15) is 15.0 Å². The largest absolute Gasteiger partial charge is 0.393 e. The van der Waals surface area contributed by atoms with Gasteiger partial charge in [0.2, 0.25) is 0 Å². The molecule has 1 fully saturated rings. The molecule has 1 saturated heterocycles. The van der Waals surface area contributed by atoms with Crippen LogP contribution in [0.25, 0.3) is 0 Å². The molecular formula is C10H19NO3. The van der Waals surface area contributed by atoms with Crippen LogP contribution in [0.15, 0.2) is 0 Å². The normalized spacial score (nSPS) is 32.3. The van der Waals surface area contributed by atoms with Crippen LogP contribution < -0.4 is 5.32 Å². The van der Waals surface area contributed by atoms with Crippen LogP contribution >= 0.6 is 0 Å². The van der Waals surface area contributed by atoms with Crippen molar-refractivity contribution in [1.29, 1.82) is 0 Å². The topological polar surface area (TPSA) is 69.6 Å². The number of carbonyl (C=O) groups is 1. The summed E-state index contributed by atoms with van der Waals surface area (Å²) in [6.45, 7) is 4.56. The number of hydrogen-bond donors (Lipinski definition) is 3. The molecule has 0 saturated carbocycles. The van der Waals surface area contributed by atoms with Gasteiger partial charge in [0.15, 0.2) is 5.78 Å². The Bertz CT molecular complexity index is 206. The highest BCUT2D eigenvalue weighted by atomic mass is 16.3. The predicted octanol–water partition coefficient (Wildman–Crippen LogP) is -0.457. The van der Waals surface area contributed by atoms with Crippen molar-refractivity contribution < 1.29 is 15.0 Å². The average molecular weight is 201 g/mol. The van der Waals surface area contributed by atoms with Gasteiger partial charge < -0.3 is 15.5 Å². The molecule has 3 N–H and O–H groups in total. The number of hydrogen-bond acceptors (Lipinski definition) is 4. The molecule has 0 bridgehead atoms. The average Bonchev–Trinajstić information content (AvgIpc) is 2.16. The van der Waals surface area contributed by atoms with Gasteiger partial charge in [0.05, 0.1) is 6.10 Å². The molecular weight excluding hydrogens is 182 g/mol.